The lowest BCUT2D eigenvalue weighted by atomic mass is 10.0. The van der Waals surface area contributed by atoms with Crippen molar-refractivity contribution in [2.45, 2.75) is 6.42 Å². The highest BCUT2D eigenvalue weighted by Crippen LogP contribution is 2.41. The van der Waals surface area contributed by atoms with Crippen molar-refractivity contribution in [3.63, 3.8) is 0 Å². The summed E-state index contributed by atoms with van der Waals surface area (Å²) >= 11 is 0. The third-order valence-corrected chi connectivity index (χ3v) is 3.65. The summed E-state index contributed by atoms with van der Waals surface area (Å²) in [6.45, 7) is 0. The Morgan fingerprint density at radius 3 is 1.26 bits per heavy atom. The Morgan fingerprint density at radius 2 is 0.957 bits per heavy atom. The zero-order chi connectivity index (χ0) is 17.0. The first-order valence-electron chi connectivity index (χ1n) is 7.06. The van der Waals surface area contributed by atoms with Crippen LogP contribution in [-0.2, 0) is 6.42 Å². The van der Waals surface area contributed by atoms with Crippen molar-refractivity contribution < 1.29 is 18.9 Å². The first-order valence-corrected chi connectivity index (χ1v) is 7.06. The summed E-state index contributed by atoms with van der Waals surface area (Å²) in [5.41, 5.74) is 14.7. The molecule has 0 aliphatic carbocycles. The van der Waals surface area contributed by atoms with Crippen molar-refractivity contribution in [2.75, 3.05) is 39.9 Å². The average molecular weight is 318 g/mol. The summed E-state index contributed by atoms with van der Waals surface area (Å²) in [5, 5.41) is 0. The monoisotopic (exact) mass is 318 g/mol. The fraction of sp³-hybridized carbons (Fsp3) is 0.294. The van der Waals surface area contributed by atoms with E-state index in [2.05, 4.69) is 0 Å². The van der Waals surface area contributed by atoms with Crippen molar-refractivity contribution >= 4 is 11.4 Å². The van der Waals surface area contributed by atoms with Crippen molar-refractivity contribution in [1.29, 1.82) is 0 Å². The molecule has 0 amide bonds. The van der Waals surface area contributed by atoms with E-state index in [0.717, 1.165) is 11.1 Å². The molecule has 23 heavy (non-hydrogen) atoms. The molecule has 0 unspecified atom stereocenters. The summed E-state index contributed by atoms with van der Waals surface area (Å²) < 4.78 is 21.6. The molecule has 0 bridgehead atoms. The van der Waals surface area contributed by atoms with Gasteiger partial charge in [0.05, 0.1) is 39.8 Å². The van der Waals surface area contributed by atoms with E-state index in [1.165, 1.54) is 0 Å². The molecule has 0 radical (unpaired) electrons. The van der Waals surface area contributed by atoms with E-state index >= 15 is 0 Å². The molecule has 124 valence electrons. The molecule has 4 N–H and O–H groups in total. The topological polar surface area (TPSA) is 89.0 Å². The second-order valence-electron chi connectivity index (χ2n) is 4.94. The van der Waals surface area contributed by atoms with Gasteiger partial charge in [0.1, 0.15) is 0 Å². The van der Waals surface area contributed by atoms with Crippen molar-refractivity contribution in [3.8, 4) is 23.0 Å². The van der Waals surface area contributed by atoms with Gasteiger partial charge in [-0.2, -0.15) is 0 Å². The zero-order valence-corrected chi connectivity index (χ0v) is 13.8. The van der Waals surface area contributed by atoms with Crippen LogP contribution in [0.25, 0.3) is 0 Å². The normalized spacial score (nSPS) is 10.3. The van der Waals surface area contributed by atoms with E-state index in [4.69, 9.17) is 30.4 Å². The molecule has 0 aliphatic rings. The van der Waals surface area contributed by atoms with E-state index in [1.807, 2.05) is 12.1 Å². The Hall–Kier alpha value is -2.76. The molecule has 2 rings (SSSR count). The fourth-order valence-corrected chi connectivity index (χ4v) is 2.59. The number of methoxy groups -OCH3 is 4. The second-order valence-corrected chi connectivity index (χ2v) is 4.94. The lowest BCUT2D eigenvalue weighted by molar-refractivity contribution is 0.350. The summed E-state index contributed by atoms with van der Waals surface area (Å²) in [6, 6.07) is 7.38. The highest BCUT2D eigenvalue weighted by Gasteiger charge is 2.18. The average Bonchev–Trinajstić information content (AvgIpc) is 2.56. The lowest BCUT2D eigenvalue weighted by Crippen LogP contribution is -2.03. The first-order chi connectivity index (χ1) is 11.1. The largest absolute Gasteiger partial charge is 0.492 e. The van der Waals surface area contributed by atoms with E-state index in [1.54, 1.807) is 40.6 Å². The maximum atomic E-state index is 5.93. The molecule has 0 fully saturated rings. The zero-order valence-electron chi connectivity index (χ0n) is 13.8. The predicted molar refractivity (Wildman–Crippen MR) is 90.7 cm³/mol. The molecule has 0 spiro atoms. The van der Waals surface area contributed by atoms with Gasteiger partial charge in [0.15, 0.2) is 23.0 Å². The van der Waals surface area contributed by atoms with Crippen LogP contribution in [0.2, 0.25) is 0 Å². The standard InChI is InChI=1S/C17H22N2O4/c1-20-14-10(5-7-12(18)16(14)22-3)9-11-6-8-13(19)17(23-4)15(11)21-2/h5-8H,9,18-19H2,1-4H3. The molecule has 6 nitrogen and oxygen atoms in total. The van der Waals surface area contributed by atoms with Gasteiger partial charge < -0.3 is 30.4 Å². The van der Waals surface area contributed by atoms with Gasteiger partial charge in [0.25, 0.3) is 0 Å². The number of hydrogen-bond acceptors (Lipinski definition) is 6. The summed E-state index contributed by atoms with van der Waals surface area (Å²) in [6.07, 6.45) is 0.555. The van der Waals surface area contributed by atoms with Crippen LogP contribution < -0.4 is 30.4 Å². The number of nitrogen functional groups attached to an aromatic ring is 2. The van der Waals surface area contributed by atoms with Gasteiger partial charge in [0, 0.05) is 17.5 Å². The van der Waals surface area contributed by atoms with Crippen LogP contribution in [0.5, 0.6) is 23.0 Å². The Kier molecular flexibility index (Phi) is 5.05. The highest BCUT2D eigenvalue weighted by molar-refractivity contribution is 5.67. The third-order valence-electron chi connectivity index (χ3n) is 3.65. The Bertz CT molecular complexity index is 642. The SMILES string of the molecule is COc1c(N)ccc(Cc2ccc(N)c(OC)c2OC)c1OC. The first kappa shape index (κ1) is 16.6. The Morgan fingerprint density at radius 1 is 0.609 bits per heavy atom. The number of benzene rings is 2. The molecule has 0 atom stereocenters. The minimum Gasteiger partial charge on any atom is -0.492 e. The quantitative estimate of drug-likeness (QED) is 0.795. The molecule has 0 aromatic heterocycles. The lowest BCUT2D eigenvalue weighted by Gasteiger charge is -2.17. The van der Waals surface area contributed by atoms with Crippen LogP contribution in [0.1, 0.15) is 11.1 Å². The van der Waals surface area contributed by atoms with Gasteiger partial charge in [-0.3, -0.25) is 0 Å². The summed E-state index contributed by atoms with van der Waals surface area (Å²) in [7, 11) is 6.29. The Balaban J connectivity index is 2.52. The minimum absolute atomic E-state index is 0.520. The van der Waals surface area contributed by atoms with E-state index in [9.17, 15) is 0 Å². The smallest absolute Gasteiger partial charge is 0.184 e. The number of anilines is 2. The van der Waals surface area contributed by atoms with Crippen LogP contribution in [0.3, 0.4) is 0 Å². The van der Waals surface area contributed by atoms with Gasteiger partial charge in [-0.05, 0) is 12.1 Å². The van der Waals surface area contributed by atoms with Crippen LogP contribution in [0.4, 0.5) is 11.4 Å². The molecule has 0 aliphatic heterocycles. The molecule has 6 heteroatoms. The molecule has 2 aromatic rings. The van der Waals surface area contributed by atoms with Gasteiger partial charge >= 0.3 is 0 Å². The molecule has 0 saturated carbocycles. The number of nitrogens with two attached hydrogens (primary N) is 2. The van der Waals surface area contributed by atoms with E-state index < -0.39 is 0 Å². The maximum absolute atomic E-state index is 5.93. The third kappa shape index (κ3) is 3.06. The fourth-order valence-electron chi connectivity index (χ4n) is 2.59. The van der Waals surface area contributed by atoms with E-state index in [0.29, 0.717) is 40.8 Å². The Labute approximate surface area is 135 Å². The van der Waals surface area contributed by atoms with Crippen LogP contribution in [0, 0.1) is 0 Å². The van der Waals surface area contributed by atoms with E-state index in [-0.39, 0.29) is 0 Å². The number of hydrogen-bond donors (Lipinski definition) is 2. The van der Waals surface area contributed by atoms with Crippen molar-refractivity contribution in [1.82, 2.24) is 0 Å². The summed E-state index contributed by atoms with van der Waals surface area (Å²) in [4.78, 5) is 0. The van der Waals surface area contributed by atoms with Crippen LogP contribution >= 0.6 is 0 Å². The molecule has 0 saturated heterocycles. The van der Waals surface area contributed by atoms with Crippen molar-refractivity contribution in [3.05, 3.63) is 35.4 Å². The van der Waals surface area contributed by atoms with Gasteiger partial charge in [-0.1, -0.05) is 12.1 Å². The highest BCUT2D eigenvalue weighted by atomic mass is 16.5. The number of rotatable bonds is 6. The van der Waals surface area contributed by atoms with Gasteiger partial charge in [0.2, 0.25) is 0 Å². The minimum atomic E-state index is 0.520. The van der Waals surface area contributed by atoms with Crippen LogP contribution in [0.15, 0.2) is 24.3 Å². The van der Waals surface area contributed by atoms with Crippen molar-refractivity contribution in [2.24, 2.45) is 0 Å². The second kappa shape index (κ2) is 7.00. The molecule has 2 aromatic carbocycles. The van der Waals surface area contributed by atoms with Gasteiger partial charge in [-0.25, -0.2) is 0 Å². The van der Waals surface area contributed by atoms with Gasteiger partial charge in [-0.15, -0.1) is 0 Å². The summed E-state index contributed by atoms with van der Waals surface area (Å²) in [5.74, 6) is 2.24. The number of ether oxygens (including phenoxy) is 4. The van der Waals surface area contributed by atoms with Crippen LogP contribution in [-0.4, -0.2) is 28.4 Å². The predicted octanol–water partition coefficient (Wildman–Crippen LogP) is 2.48. The molecular formula is C17H22N2O4. The maximum Gasteiger partial charge on any atom is 0.184 e. The molecular weight excluding hydrogens is 296 g/mol. The molecule has 0 heterocycles.